The first kappa shape index (κ1) is 11.7. The highest BCUT2D eigenvalue weighted by Crippen LogP contribution is 2.42. The van der Waals surface area contributed by atoms with Gasteiger partial charge in [0, 0.05) is 24.2 Å². The Kier molecular flexibility index (Phi) is 2.86. The standard InChI is InChI=1S/C15H20N2O/c16-15(7-8-15)13-6-4-5-12(11-13)14(18)17-9-2-1-3-10-17/h4-6,11H,1-3,7-10,16H2. The van der Waals surface area contributed by atoms with E-state index in [0.29, 0.717) is 0 Å². The van der Waals surface area contributed by atoms with E-state index in [0.717, 1.165) is 49.9 Å². The second kappa shape index (κ2) is 4.39. The summed E-state index contributed by atoms with van der Waals surface area (Å²) in [6.45, 7) is 1.80. The lowest BCUT2D eigenvalue weighted by Crippen LogP contribution is -2.35. The van der Waals surface area contributed by atoms with Crippen molar-refractivity contribution >= 4 is 5.91 Å². The van der Waals surface area contributed by atoms with Crippen LogP contribution in [0.5, 0.6) is 0 Å². The lowest BCUT2D eigenvalue weighted by atomic mass is 10.0. The second-order valence-electron chi connectivity index (χ2n) is 5.59. The molecule has 3 heteroatoms. The number of nitrogens with two attached hydrogens (primary N) is 1. The SMILES string of the molecule is NC1(c2cccc(C(=O)N3CCCCC3)c2)CC1. The molecule has 0 bridgehead atoms. The molecule has 1 amide bonds. The second-order valence-corrected chi connectivity index (χ2v) is 5.59. The molecule has 1 aromatic rings. The maximum atomic E-state index is 12.4. The molecular formula is C15H20N2O. The Balaban J connectivity index is 1.80. The van der Waals surface area contributed by atoms with Gasteiger partial charge in [0.25, 0.3) is 5.91 Å². The fraction of sp³-hybridized carbons (Fsp3) is 0.533. The number of piperidine rings is 1. The highest BCUT2D eigenvalue weighted by Gasteiger charge is 2.40. The van der Waals surface area contributed by atoms with E-state index in [1.807, 2.05) is 29.2 Å². The number of carbonyl (C=O) groups is 1. The minimum Gasteiger partial charge on any atom is -0.339 e. The van der Waals surface area contributed by atoms with Gasteiger partial charge in [-0.05, 0) is 49.8 Å². The molecule has 0 atom stereocenters. The van der Waals surface area contributed by atoms with Crippen molar-refractivity contribution in [2.24, 2.45) is 5.73 Å². The molecule has 0 aromatic heterocycles. The van der Waals surface area contributed by atoms with E-state index < -0.39 is 0 Å². The average Bonchev–Trinajstić information content (AvgIpc) is 3.18. The molecule has 1 saturated heterocycles. The highest BCUT2D eigenvalue weighted by molar-refractivity contribution is 5.94. The van der Waals surface area contributed by atoms with Crippen molar-refractivity contribution in [1.29, 1.82) is 0 Å². The van der Waals surface area contributed by atoms with Crippen LogP contribution in [0.1, 0.15) is 48.0 Å². The van der Waals surface area contributed by atoms with Crippen molar-refractivity contribution in [3.63, 3.8) is 0 Å². The third-order valence-electron chi connectivity index (χ3n) is 4.12. The number of amides is 1. The minimum atomic E-state index is -0.155. The normalized spacial score (nSPS) is 21.7. The molecule has 3 nitrogen and oxygen atoms in total. The molecule has 96 valence electrons. The van der Waals surface area contributed by atoms with Crippen LogP contribution in [0.4, 0.5) is 0 Å². The fourth-order valence-electron chi connectivity index (χ4n) is 2.66. The number of hydrogen-bond acceptors (Lipinski definition) is 2. The van der Waals surface area contributed by atoms with Gasteiger partial charge in [0.15, 0.2) is 0 Å². The number of hydrogen-bond donors (Lipinski definition) is 1. The van der Waals surface area contributed by atoms with Crippen LogP contribution < -0.4 is 5.73 Å². The lowest BCUT2D eigenvalue weighted by Gasteiger charge is -2.27. The van der Waals surface area contributed by atoms with Gasteiger partial charge >= 0.3 is 0 Å². The van der Waals surface area contributed by atoms with E-state index in [4.69, 9.17) is 5.73 Å². The van der Waals surface area contributed by atoms with Gasteiger partial charge in [-0.15, -0.1) is 0 Å². The molecule has 0 unspecified atom stereocenters. The van der Waals surface area contributed by atoms with Gasteiger partial charge in [0.2, 0.25) is 0 Å². The average molecular weight is 244 g/mol. The molecule has 1 saturated carbocycles. The Morgan fingerprint density at radius 2 is 1.89 bits per heavy atom. The Hall–Kier alpha value is -1.35. The quantitative estimate of drug-likeness (QED) is 0.867. The summed E-state index contributed by atoms with van der Waals surface area (Å²) in [6.07, 6.45) is 5.58. The van der Waals surface area contributed by atoms with Gasteiger partial charge < -0.3 is 10.6 Å². The minimum absolute atomic E-state index is 0.155. The number of likely N-dealkylation sites (tertiary alicyclic amines) is 1. The molecule has 1 aromatic carbocycles. The fourth-order valence-corrected chi connectivity index (χ4v) is 2.66. The molecule has 3 rings (SSSR count). The molecule has 1 aliphatic carbocycles. The largest absolute Gasteiger partial charge is 0.339 e. The van der Waals surface area contributed by atoms with E-state index in [1.54, 1.807) is 0 Å². The van der Waals surface area contributed by atoms with E-state index >= 15 is 0 Å². The van der Waals surface area contributed by atoms with Gasteiger partial charge in [-0.3, -0.25) is 4.79 Å². The van der Waals surface area contributed by atoms with Gasteiger partial charge in [-0.1, -0.05) is 12.1 Å². The van der Waals surface area contributed by atoms with E-state index in [2.05, 4.69) is 0 Å². The molecule has 2 aliphatic rings. The van der Waals surface area contributed by atoms with Gasteiger partial charge in [0.1, 0.15) is 0 Å². The zero-order chi connectivity index (χ0) is 12.6. The first-order chi connectivity index (χ1) is 8.69. The molecule has 18 heavy (non-hydrogen) atoms. The van der Waals surface area contributed by atoms with Crippen LogP contribution >= 0.6 is 0 Å². The Bertz CT molecular complexity index is 459. The first-order valence-electron chi connectivity index (χ1n) is 6.88. The van der Waals surface area contributed by atoms with E-state index in [1.165, 1.54) is 6.42 Å². The van der Waals surface area contributed by atoms with Crippen LogP contribution in [0.3, 0.4) is 0 Å². The first-order valence-corrected chi connectivity index (χ1v) is 6.88. The molecule has 2 N–H and O–H groups in total. The number of carbonyl (C=O) groups excluding carboxylic acids is 1. The van der Waals surface area contributed by atoms with Crippen LogP contribution in [0, 0.1) is 0 Å². The Morgan fingerprint density at radius 3 is 2.56 bits per heavy atom. The van der Waals surface area contributed by atoms with Crippen molar-refractivity contribution in [3.05, 3.63) is 35.4 Å². The number of rotatable bonds is 2. The number of nitrogens with zero attached hydrogens (tertiary/aromatic N) is 1. The van der Waals surface area contributed by atoms with E-state index in [9.17, 15) is 4.79 Å². The third kappa shape index (κ3) is 2.15. The monoisotopic (exact) mass is 244 g/mol. The maximum Gasteiger partial charge on any atom is 0.253 e. The summed E-state index contributed by atoms with van der Waals surface area (Å²) < 4.78 is 0. The van der Waals surface area contributed by atoms with Crippen LogP contribution in [0.25, 0.3) is 0 Å². The summed E-state index contributed by atoms with van der Waals surface area (Å²) in [7, 11) is 0. The van der Waals surface area contributed by atoms with Crippen LogP contribution in [0.2, 0.25) is 0 Å². The summed E-state index contributed by atoms with van der Waals surface area (Å²) in [5.74, 6) is 0.167. The van der Waals surface area contributed by atoms with Crippen molar-refractivity contribution in [2.75, 3.05) is 13.1 Å². The number of benzene rings is 1. The maximum absolute atomic E-state index is 12.4. The third-order valence-corrected chi connectivity index (χ3v) is 4.12. The summed E-state index contributed by atoms with van der Waals surface area (Å²) in [5, 5.41) is 0. The summed E-state index contributed by atoms with van der Waals surface area (Å²) >= 11 is 0. The van der Waals surface area contributed by atoms with Crippen molar-refractivity contribution in [2.45, 2.75) is 37.6 Å². The molecule has 2 fully saturated rings. The zero-order valence-corrected chi connectivity index (χ0v) is 10.7. The predicted octanol–water partition coefficient (Wildman–Crippen LogP) is 2.26. The molecule has 0 radical (unpaired) electrons. The summed E-state index contributed by atoms with van der Waals surface area (Å²) in [6, 6.07) is 7.90. The van der Waals surface area contributed by atoms with Crippen LogP contribution in [-0.2, 0) is 5.54 Å². The van der Waals surface area contributed by atoms with Crippen molar-refractivity contribution < 1.29 is 4.79 Å². The molecule has 0 spiro atoms. The molecule has 1 heterocycles. The van der Waals surface area contributed by atoms with E-state index in [-0.39, 0.29) is 11.4 Å². The van der Waals surface area contributed by atoms with Gasteiger partial charge in [0.05, 0.1) is 0 Å². The van der Waals surface area contributed by atoms with Gasteiger partial charge in [-0.2, -0.15) is 0 Å². The summed E-state index contributed by atoms with van der Waals surface area (Å²) in [4.78, 5) is 14.4. The van der Waals surface area contributed by atoms with Crippen molar-refractivity contribution in [1.82, 2.24) is 4.90 Å². The topological polar surface area (TPSA) is 46.3 Å². The van der Waals surface area contributed by atoms with Gasteiger partial charge in [-0.25, -0.2) is 0 Å². The summed E-state index contributed by atoms with van der Waals surface area (Å²) in [5.41, 5.74) is 7.95. The molecule has 1 aliphatic heterocycles. The zero-order valence-electron chi connectivity index (χ0n) is 10.7. The Morgan fingerprint density at radius 1 is 1.17 bits per heavy atom. The predicted molar refractivity (Wildman–Crippen MR) is 71.3 cm³/mol. The smallest absolute Gasteiger partial charge is 0.253 e. The lowest BCUT2D eigenvalue weighted by molar-refractivity contribution is 0.0724. The van der Waals surface area contributed by atoms with Crippen LogP contribution in [0.15, 0.2) is 24.3 Å². The van der Waals surface area contributed by atoms with Crippen LogP contribution in [-0.4, -0.2) is 23.9 Å². The molecular weight excluding hydrogens is 224 g/mol. The highest BCUT2D eigenvalue weighted by atomic mass is 16.2. The van der Waals surface area contributed by atoms with Crippen molar-refractivity contribution in [3.8, 4) is 0 Å². The Labute approximate surface area is 108 Å².